The maximum atomic E-state index is 12.4. The molecule has 21 heavy (non-hydrogen) atoms. The molecule has 1 heterocycles. The number of hydrogen-bond donors (Lipinski definition) is 1. The van der Waals surface area contributed by atoms with Crippen molar-refractivity contribution in [3.8, 4) is 0 Å². The maximum Gasteiger partial charge on any atom is 0.276 e. The minimum absolute atomic E-state index is 0.142. The quantitative estimate of drug-likeness (QED) is 0.828. The average molecular weight is 285 g/mol. The van der Waals surface area contributed by atoms with E-state index in [2.05, 4.69) is 10.3 Å². The minimum Gasteiger partial charge on any atom is -0.383 e. The lowest BCUT2D eigenvalue weighted by atomic mass is 10.2. The number of amides is 1. The van der Waals surface area contributed by atoms with Crippen molar-refractivity contribution in [1.29, 1.82) is 0 Å². The number of pyridine rings is 1. The van der Waals surface area contributed by atoms with Crippen LogP contribution >= 0.6 is 0 Å². The summed E-state index contributed by atoms with van der Waals surface area (Å²) in [7, 11) is 3.39. The molecule has 110 valence electrons. The third-order valence-electron chi connectivity index (χ3n) is 3.06. The highest BCUT2D eigenvalue weighted by Gasteiger charge is 2.14. The molecular weight excluding hydrogens is 266 g/mol. The summed E-state index contributed by atoms with van der Waals surface area (Å²) >= 11 is 0. The number of anilines is 2. The fourth-order valence-corrected chi connectivity index (χ4v) is 1.90. The predicted molar refractivity (Wildman–Crippen MR) is 83.8 cm³/mol. The van der Waals surface area contributed by atoms with Gasteiger partial charge >= 0.3 is 0 Å². The van der Waals surface area contributed by atoms with Crippen LogP contribution in [0.25, 0.3) is 0 Å². The normalized spacial score (nSPS) is 10.2. The molecular formula is C16H19N3O2. The Morgan fingerprint density at radius 1 is 1.29 bits per heavy atom. The number of hydrogen-bond acceptors (Lipinski definition) is 4. The van der Waals surface area contributed by atoms with Crippen LogP contribution in [0, 0.1) is 0 Å². The number of rotatable bonds is 6. The summed E-state index contributed by atoms with van der Waals surface area (Å²) in [6.45, 7) is 1.29. The van der Waals surface area contributed by atoms with Crippen LogP contribution in [-0.2, 0) is 4.74 Å². The van der Waals surface area contributed by atoms with E-state index in [1.54, 1.807) is 31.3 Å². The molecule has 0 saturated heterocycles. The van der Waals surface area contributed by atoms with Gasteiger partial charge < -0.3 is 15.0 Å². The topological polar surface area (TPSA) is 54.5 Å². The second-order valence-corrected chi connectivity index (χ2v) is 4.55. The molecule has 0 fully saturated rings. The van der Waals surface area contributed by atoms with E-state index in [0.29, 0.717) is 18.8 Å². The summed E-state index contributed by atoms with van der Waals surface area (Å²) < 4.78 is 4.98. The molecule has 1 amide bonds. The number of benzene rings is 1. The van der Waals surface area contributed by atoms with Crippen LogP contribution in [0.15, 0.2) is 48.7 Å². The fourth-order valence-electron chi connectivity index (χ4n) is 1.90. The van der Waals surface area contributed by atoms with Crippen LogP contribution in [-0.4, -0.2) is 38.2 Å². The zero-order chi connectivity index (χ0) is 15.1. The number of carbonyl (C=O) groups excluding carboxylic acids is 1. The molecule has 0 spiro atoms. The second-order valence-electron chi connectivity index (χ2n) is 4.55. The van der Waals surface area contributed by atoms with Gasteiger partial charge in [-0.25, -0.2) is 0 Å². The van der Waals surface area contributed by atoms with Gasteiger partial charge in [0, 0.05) is 38.3 Å². The predicted octanol–water partition coefficient (Wildman–Crippen LogP) is 2.42. The van der Waals surface area contributed by atoms with E-state index in [1.165, 1.54) is 0 Å². The monoisotopic (exact) mass is 285 g/mol. The van der Waals surface area contributed by atoms with Crippen LogP contribution in [0.1, 0.15) is 10.5 Å². The molecule has 2 rings (SSSR count). The van der Waals surface area contributed by atoms with Crippen LogP contribution in [0.2, 0.25) is 0 Å². The first-order chi connectivity index (χ1) is 10.2. The molecule has 0 unspecified atom stereocenters. The lowest BCUT2D eigenvalue weighted by Gasteiger charge is -2.17. The van der Waals surface area contributed by atoms with Crippen molar-refractivity contribution in [3.05, 3.63) is 54.4 Å². The number of carbonyl (C=O) groups is 1. The summed E-state index contributed by atoms with van der Waals surface area (Å²) in [6, 6.07) is 13.1. The Bertz CT molecular complexity index is 587. The van der Waals surface area contributed by atoms with Crippen molar-refractivity contribution in [2.24, 2.45) is 0 Å². The van der Waals surface area contributed by atoms with Crippen molar-refractivity contribution < 1.29 is 9.53 Å². The summed E-state index contributed by atoms with van der Waals surface area (Å²) in [5, 5.41) is 3.18. The minimum atomic E-state index is -0.142. The van der Waals surface area contributed by atoms with Crippen molar-refractivity contribution >= 4 is 17.3 Å². The zero-order valence-electron chi connectivity index (χ0n) is 12.2. The van der Waals surface area contributed by atoms with Crippen molar-refractivity contribution in [2.45, 2.75) is 0 Å². The largest absolute Gasteiger partial charge is 0.383 e. The van der Waals surface area contributed by atoms with E-state index in [9.17, 15) is 4.79 Å². The molecule has 5 heteroatoms. The van der Waals surface area contributed by atoms with Gasteiger partial charge in [-0.05, 0) is 24.3 Å². The Labute approximate surface area is 124 Å². The van der Waals surface area contributed by atoms with Gasteiger partial charge in [-0.1, -0.05) is 18.2 Å². The van der Waals surface area contributed by atoms with E-state index in [1.807, 2.05) is 36.4 Å². The number of nitrogens with one attached hydrogen (secondary N) is 1. The highest BCUT2D eigenvalue weighted by molar-refractivity contribution is 6.04. The number of nitrogens with zero attached hydrogens (tertiary/aromatic N) is 2. The van der Waals surface area contributed by atoms with E-state index in [-0.39, 0.29) is 5.91 Å². The van der Waals surface area contributed by atoms with Gasteiger partial charge in [0.2, 0.25) is 0 Å². The third-order valence-corrected chi connectivity index (χ3v) is 3.06. The van der Waals surface area contributed by atoms with Gasteiger partial charge in [-0.15, -0.1) is 0 Å². The summed E-state index contributed by atoms with van der Waals surface area (Å²) in [5.74, 6) is -0.142. The number of ether oxygens (including phenoxy) is 1. The summed E-state index contributed by atoms with van der Waals surface area (Å²) in [6.07, 6.45) is 1.63. The fraction of sp³-hybridized carbons (Fsp3) is 0.250. The molecule has 0 bridgehead atoms. The summed E-state index contributed by atoms with van der Waals surface area (Å²) in [4.78, 5) is 18.2. The molecule has 0 aliphatic carbocycles. The molecule has 0 aliphatic rings. The first-order valence-electron chi connectivity index (χ1n) is 6.74. The van der Waals surface area contributed by atoms with Crippen LogP contribution in [0.3, 0.4) is 0 Å². The molecule has 0 atom stereocenters. The molecule has 1 aromatic heterocycles. The highest BCUT2D eigenvalue weighted by Crippen LogP contribution is 2.15. The van der Waals surface area contributed by atoms with E-state index in [0.717, 1.165) is 11.4 Å². The van der Waals surface area contributed by atoms with Crippen LogP contribution in [0.4, 0.5) is 11.4 Å². The van der Waals surface area contributed by atoms with Gasteiger partial charge in [0.1, 0.15) is 5.69 Å². The Morgan fingerprint density at radius 3 is 2.76 bits per heavy atom. The number of aromatic nitrogens is 1. The number of para-hydroxylation sites is 1. The molecule has 1 aromatic carbocycles. The second kappa shape index (κ2) is 7.40. The lowest BCUT2D eigenvalue weighted by molar-refractivity contribution is 0.0988. The Hall–Kier alpha value is -2.40. The van der Waals surface area contributed by atoms with Gasteiger partial charge in [0.05, 0.1) is 6.61 Å². The summed E-state index contributed by atoms with van der Waals surface area (Å²) in [5.41, 5.74) is 2.10. The first-order valence-corrected chi connectivity index (χ1v) is 6.74. The van der Waals surface area contributed by atoms with Crippen molar-refractivity contribution in [2.75, 3.05) is 37.5 Å². The SMILES string of the molecule is COCCNc1ccnc(C(=O)N(C)c2ccccc2)c1. The average Bonchev–Trinajstić information content (AvgIpc) is 2.55. The van der Waals surface area contributed by atoms with Gasteiger partial charge in [-0.2, -0.15) is 0 Å². The third kappa shape index (κ3) is 4.03. The Balaban J connectivity index is 2.10. The van der Waals surface area contributed by atoms with Gasteiger partial charge in [-0.3, -0.25) is 9.78 Å². The van der Waals surface area contributed by atoms with Crippen LogP contribution in [0.5, 0.6) is 0 Å². The van der Waals surface area contributed by atoms with E-state index >= 15 is 0 Å². The van der Waals surface area contributed by atoms with Gasteiger partial charge in [0.15, 0.2) is 0 Å². The molecule has 5 nitrogen and oxygen atoms in total. The smallest absolute Gasteiger partial charge is 0.276 e. The van der Waals surface area contributed by atoms with E-state index in [4.69, 9.17) is 4.74 Å². The number of methoxy groups -OCH3 is 1. The van der Waals surface area contributed by atoms with Crippen molar-refractivity contribution in [1.82, 2.24) is 4.98 Å². The highest BCUT2D eigenvalue weighted by atomic mass is 16.5. The molecule has 1 N–H and O–H groups in total. The Kier molecular flexibility index (Phi) is 5.29. The molecule has 0 radical (unpaired) electrons. The van der Waals surface area contributed by atoms with Crippen molar-refractivity contribution in [3.63, 3.8) is 0 Å². The molecule has 0 aliphatic heterocycles. The Morgan fingerprint density at radius 2 is 2.05 bits per heavy atom. The zero-order valence-corrected chi connectivity index (χ0v) is 12.2. The molecule has 0 saturated carbocycles. The maximum absolute atomic E-state index is 12.4. The molecule has 2 aromatic rings. The standard InChI is InChI=1S/C16H19N3O2/c1-19(14-6-4-3-5-7-14)16(20)15-12-13(8-9-18-15)17-10-11-21-2/h3-9,12H,10-11H2,1-2H3,(H,17,18). The van der Waals surface area contributed by atoms with E-state index < -0.39 is 0 Å². The lowest BCUT2D eigenvalue weighted by Crippen LogP contribution is -2.27. The van der Waals surface area contributed by atoms with Crippen LogP contribution < -0.4 is 10.2 Å². The van der Waals surface area contributed by atoms with Gasteiger partial charge in [0.25, 0.3) is 5.91 Å². The first kappa shape index (κ1) is 15.0.